The van der Waals surface area contributed by atoms with Crippen LogP contribution in [0.15, 0.2) is 41.1 Å². The molecule has 0 aliphatic rings. The highest BCUT2D eigenvalue weighted by Gasteiger charge is 2.13. The summed E-state index contributed by atoms with van der Waals surface area (Å²) in [6.07, 6.45) is 0.551. The van der Waals surface area contributed by atoms with Gasteiger partial charge in [0, 0.05) is 18.1 Å². The summed E-state index contributed by atoms with van der Waals surface area (Å²) < 4.78 is 5.60. The lowest BCUT2D eigenvalue weighted by atomic mass is 10.2. The molecule has 1 aromatic carbocycles. The number of nitrogens with zero attached hydrogens (tertiary/aromatic N) is 1. The number of aliphatic hydroxyl groups is 1. The summed E-state index contributed by atoms with van der Waals surface area (Å²) in [5, 5.41) is 15.1. The minimum absolute atomic E-state index is 0.283. The Hall–Kier alpha value is -1.07. The van der Waals surface area contributed by atoms with Gasteiger partial charge in [0.2, 0.25) is 0 Å². The molecule has 0 spiro atoms. The molecule has 0 aliphatic heterocycles. The van der Waals surface area contributed by atoms with Crippen molar-refractivity contribution in [2.24, 2.45) is 0 Å². The predicted molar refractivity (Wildman–Crippen MR) is 92.8 cm³/mol. The van der Waals surface area contributed by atoms with Gasteiger partial charge in [-0.15, -0.1) is 0 Å². The van der Waals surface area contributed by atoms with Gasteiger partial charge in [-0.05, 0) is 59.6 Å². The van der Waals surface area contributed by atoms with Crippen molar-refractivity contribution in [3.05, 3.63) is 51.7 Å². The zero-order chi connectivity index (χ0) is 15.8. The number of ether oxygens (including phenoxy) is 1. The van der Waals surface area contributed by atoms with Gasteiger partial charge in [0.15, 0.2) is 0 Å². The molecule has 2 rings (SSSR count). The summed E-state index contributed by atoms with van der Waals surface area (Å²) in [6, 6.07) is 9.31. The Bertz CT molecular complexity index is 530. The van der Waals surface area contributed by atoms with Crippen LogP contribution >= 0.6 is 22.9 Å². The fourth-order valence-corrected chi connectivity index (χ4v) is 3.05. The van der Waals surface area contributed by atoms with Gasteiger partial charge in [0.05, 0.1) is 0 Å². The SMILES string of the molecule is CCCN(Cc1ccsc1)C[C@@H](O)COc1ccc(Cl)cc1. The van der Waals surface area contributed by atoms with E-state index in [0.29, 0.717) is 11.6 Å². The Morgan fingerprint density at radius 1 is 1.27 bits per heavy atom. The second-order valence-corrected chi connectivity index (χ2v) is 6.50. The van der Waals surface area contributed by atoms with E-state index in [1.165, 1.54) is 5.56 Å². The van der Waals surface area contributed by atoms with Crippen molar-refractivity contribution in [1.82, 2.24) is 4.90 Å². The Morgan fingerprint density at radius 3 is 2.68 bits per heavy atom. The van der Waals surface area contributed by atoms with Crippen LogP contribution in [0.2, 0.25) is 5.02 Å². The Labute approximate surface area is 141 Å². The minimum atomic E-state index is -0.513. The van der Waals surface area contributed by atoms with Crippen LogP contribution in [0.4, 0.5) is 0 Å². The topological polar surface area (TPSA) is 32.7 Å². The first-order valence-corrected chi connectivity index (χ1v) is 8.79. The Morgan fingerprint density at radius 2 is 2.05 bits per heavy atom. The molecule has 120 valence electrons. The maximum Gasteiger partial charge on any atom is 0.119 e. The van der Waals surface area contributed by atoms with E-state index in [-0.39, 0.29) is 6.61 Å². The van der Waals surface area contributed by atoms with Crippen LogP contribution in [0.3, 0.4) is 0 Å². The van der Waals surface area contributed by atoms with Crippen molar-refractivity contribution in [3.63, 3.8) is 0 Å². The van der Waals surface area contributed by atoms with Crippen LogP contribution in [0.1, 0.15) is 18.9 Å². The number of hydrogen-bond acceptors (Lipinski definition) is 4. The van der Waals surface area contributed by atoms with Gasteiger partial charge in [0.25, 0.3) is 0 Å². The van der Waals surface area contributed by atoms with E-state index in [9.17, 15) is 5.11 Å². The van der Waals surface area contributed by atoms with E-state index < -0.39 is 6.10 Å². The highest BCUT2D eigenvalue weighted by Crippen LogP contribution is 2.16. The van der Waals surface area contributed by atoms with Crippen molar-refractivity contribution in [3.8, 4) is 5.75 Å². The molecule has 1 atom stereocenters. The number of thiophene rings is 1. The highest BCUT2D eigenvalue weighted by molar-refractivity contribution is 7.07. The molecule has 1 aromatic heterocycles. The molecular weight excluding hydrogens is 318 g/mol. The summed E-state index contributed by atoms with van der Waals surface area (Å²) in [5.41, 5.74) is 1.30. The smallest absolute Gasteiger partial charge is 0.119 e. The molecular formula is C17H22ClNO2S. The van der Waals surface area contributed by atoms with Crippen LogP contribution in [0, 0.1) is 0 Å². The molecule has 0 aliphatic carbocycles. The molecule has 0 amide bonds. The van der Waals surface area contributed by atoms with E-state index >= 15 is 0 Å². The third kappa shape index (κ3) is 5.97. The molecule has 3 nitrogen and oxygen atoms in total. The molecule has 0 bridgehead atoms. The zero-order valence-electron chi connectivity index (χ0n) is 12.7. The normalized spacial score (nSPS) is 12.5. The second kappa shape index (κ2) is 9.16. The summed E-state index contributed by atoms with van der Waals surface area (Å²) in [4.78, 5) is 2.26. The number of rotatable bonds is 9. The minimum Gasteiger partial charge on any atom is -0.491 e. The lowest BCUT2D eigenvalue weighted by Gasteiger charge is -2.24. The van der Waals surface area contributed by atoms with Crippen LogP contribution < -0.4 is 4.74 Å². The van der Waals surface area contributed by atoms with E-state index in [0.717, 1.165) is 25.3 Å². The van der Waals surface area contributed by atoms with Crippen molar-refractivity contribution < 1.29 is 9.84 Å². The number of halogens is 1. The van der Waals surface area contributed by atoms with E-state index in [2.05, 4.69) is 28.7 Å². The van der Waals surface area contributed by atoms with Gasteiger partial charge in [-0.1, -0.05) is 18.5 Å². The zero-order valence-corrected chi connectivity index (χ0v) is 14.3. The van der Waals surface area contributed by atoms with Crippen molar-refractivity contribution in [2.75, 3.05) is 19.7 Å². The van der Waals surface area contributed by atoms with E-state index in [1.807, 2.05) is 12.1 Å². The Balaban J connectivity index is 1.79. The Kier molecular flexibility index (Phi) is 7.19. The fourth-order valence-electron chi connectivity index (χ4n) is 2.27. The largest absolute Gasteiger partial charge is 0.491 e. The van der Waals surface area contributed by atoms with E-state index in [4.69, 9.17) is 16.3 Å². The van der Waals surface area contributed by atoms with Crippen LogP contribution in [-0.4, -0.2) is 35.8 Å². The maximum absolute atomic E-state index is 10.2. The molecule has 2 aromatic rings. The molecule has 1 N–H and O–H groups in total. The van der Waals surface area contributed by atoms with Crippen molar-refractivity contribution >= 4 is 22.9 Å². The van der Waals surface area contributed by atoms with Gasteiger partial charge in [-0.2, -0.15) is 11.3 Å². The number of aliphatic hydroxyl groups excluding tert-OH is 1. The van der Waals surface area contributed by atoms with Gasteiger partial charge in [0.1, 0.15) is 18.5 Å². The van der Waals surface area contributed by atoms with Crippen molar-refractivity contribution in [1.29, 1.82) is 0 Å². The molecule has 0 saturated heterocycles. The van der Waals surface area contributed by atoms with Gasteiger partial charge in [-0.25, -0.2) is 0 Å². The predicted octanol–water partition coefficient (Wildman–Crippen LogP) is 4.05. The summed E-state index contributed by atoms with van der Waals surface area (Å²) in [5.74, 6) is 0.725. The van der Waals surface area contributed by atoms with Crippen LogP contribution in [0.5, 0.6) is 5.75 Å². The number of benzene rings is 1. The summed E-state index contributed by atoms with van der Waals surface area (Å²) >= 11 is 7.54. The summed E-state index contributed by atoms with van der Waals surface area (Å²) in [6.45, 7) is 4.88. The highest BCUT2D eigenvalue weighted by atomic mass is 35.5. The second-order valence-electron chi connectivity index (χ2n) is 5.29. The standard InChI is InChI=1S/C17H22ClNO2S/c1-2-8-19(10-14-7-9-22-13-14)11-16(20)12-21-17-5-3-15(18)4-6-17/h3-7,9,13,16,20H,2,8,10-12H2,1H3/t16-/m1/s1. The van der Waals surface area contributed by atoms with Crippen molar-refractivity contribution in [2.45, 2.75) is 26.0 Å². The quantitative estimate of drug-likeness (QED) is 0.748. The first-order chi connectivity index (χ1) is 10.7. The third-order valence-corrected chi connectivity index (χ3v) is 4.24. The monoisotopic (exact) mass is 339 g/mol. The molecule has 22 heavy (non-hydrogen) atoms. The first kappa shape index (κ1) is 17.3. The third-order valence-electron chi connectivity index (χ3n) is 3.25. The average Bonchev–Trinajstić information content (AvgIpc) is 3.00. The van der Waals surface area contributed by atoms with Crippen LogP contribution in [-0.2, 0) is 6.54 Å². The molecule has 0 radical (unpaired) electrons. The maximum atomic E-state index is 10.2. The van der Waals surface area contributed by atoms with Gasteiger partial charge < -0.3 is 9.84 Å². The van der Waals surface area contributed by atoms with Crippen LogP contribution in [0.25, 0.3) is 0 Å². The molecule has 0 unspecified atom stereocenters. The first-order valence-electron chi connectivity index (χ1n) is 7.47. The lowest BCUT2D eigenvalue weighted by Crippen LogP contribution is -2.35. The summed E-state index contributed by atoms with van der Waals surface area (Å²) in [7, 11) is 0. The van der Waals surface area contributed by atoms with Gasteiger partial charge >= 0.3 is 0 Å². The fraction of sp³-hybridized carbons (Fsp3) is 0.412. The lowest BCUT2D eigenvalue weighted by molar-refractivity contribution is 0.0656. The molecule has 0 saturated carbocycles. The number of hydrogen-bond donors (Lipinski definition) is 1. The van der Waals surface area contributed by atoms with Gasteiger partial charge in [-0.3, -0.25) is 4.90 Å². The van der Waals surface area contributed by atoms with E-state index in [1.54, 1.807) is 23.5 Å². The molecule has 1 heterocycles. The average molecular weight is 340 g/mol. The molecule has 0 fully saturated rings. The molecule has 5 heteroatoms.